The molecule has 0 fully saturated rings. The molecule has 0 aliphatic rings. The van der Waals surface area contributed by atoms with E-state index in [2.05, 4.69) is 5.32 Å². The van der Waals surface area contributed by atoms with Crippen LogP contribution in [0.15, 0.2) is 58.5 Å². The minimum absolute atomic E-state index is 0.0619. The zero-order valence-corrected chi connectivity index (χ0v) is 14.1. The van der Waals surface area contributed by atoms with Crippen LogP contribution >= 0.6 is 11.3 Å². The van der Waals surface area contributed by atoms with Gasteiger partial charge in [0.1, 0.15) is 30.4 Å². The topological polar surface area (TPSA) is 46.7 Å². The summed E-state index contributed by atoms with van der Waals surface area (Å²) in [5.41, 5.74) is -0.416. The zero-order valence-electron chi connectivity index (χ0n) is 13.3. The van der Waals surface area contributed by atoms with Crippen LogP contribution < -0.4 is 10.2 Å². The number of hydrogen-bond donors (Lipinski definition) is 2. The third-order valence-corrected chi connectivity index (χ3v) is 4.52. The van der Waals surface area contributed by atoms with Crippen molar-refractivity contribution in [3.05, 3.63) is 76.4 Å². The second kappa shape index (κ2) is 8.04. The lowest BCUT2D eigenvalue weighted by Gasteiger charge is -2.17. The summed E-state index contributed by atoms with van der Waals surface area (Å²) in [6.45, 7) is 1.18. The molecule has 0 saturated heterocycles. The molecule has 130 valence electrons. The monoisotopic (exact) mass is 363 g/mol. The van der Waals surface area contributed by atoms with Gasteiger partial charge < -0.3 is 14.6 Å². The summed E-state index contributed by atoms with van der Waals surface area (Å²) in [5, 5.41) is 4.30. The van der Waals surface area contributed by atoms with Crippen molar-refractivity contribution in [2.45, 2.75) is 13.1 Å². The van der Waals surface area contributed by atoms with Gasteiger partial charge in [0.2, 0.25) is 0 Å². The lowest BCUT2D eigenvalue weighted by atomic mass is 10.3. The van der Waals surface area contributed by atoms with Crippen molar-refractivity contribution < 1.29 is 22.9 Å². The number of nitrogens with one attached hydrogen (secondary N) is 2. The lowest BCUT2D eigenvalue weighted by Crippen LogP contribution is -3.10. The van der Waals surface area contributed by atoms with E-state index in [0.29, 0.717) is 13.1 Å². The zero-order chi connectivity index (χ0) is 17.6. The van der Waals surface area contributed by atoms with Gasteiger partial charge in [0.05, 0.1) is 11.1 Å². The number of amides is 1. The van der Waals surface area contributed by atoms with Crippen molar-refractivity contribution in [1.82, 2.24) is 0 Å². The van der Waals surface area contributed by atoms with E-state index in [4.69, 9.17) is 4.42 Å². The van der Waals surface area contributed by atoms with Crippen LogP contribution in [0.5, 0.6) is 0 Å². The molecule has 1 unspecified atom stereocenters. The number of thiophene rings is 1. The average Bonchev–Trinajstić information content (AvgIpc) is 3.25. The summed E-state index contributed by atoms with van der Waals surface area (Å²) in [5.74, 6) is -1.29. The van der Waals surface area contributed by atoms with Gasteiger partial charge in [0.15, 0.2) is 12.3 Å². The number of furan rings is 1. The Morgan fingerprint density at radius 2 is 1.88 bits per heavy atom. The predicted octanol–water partition coefficient (Wildman–Crippen LogP) is 2.84. The van der Waals surface area contributed by atoms with E-state index in [1.165, 1.54) is 6.07 Å². The van der Waals surface area contributed by atoms with Crippen molar-refractivity contribution in [2.75, 3.05) is 11.9 Å². The molecular weight excluding hydrogens is 346 g/mol. The number of anilines is 1. The highest BCUT2D eigenvalue weighted by atomic mass is 32.1. The summed E-state index contributed by atoms with van der Waals surface area (Å²) in [6.07, 6.45) is 1.58. The van der Waals surface area contributed by atoms with Crippen LogP contribution in [0.2, 0.25) is 0 Å². The van der Waals surface area contributed by atoms with E-state index in [0.717, 1.165) is 27.7 Å². The first-order valence-corrected chi connectivity index (χ1v) is 8.62. The Labute approximate surface area is 147 Å². The van der Waals surface area contributed by atoms with Gasteiger partial charge in [-0.25, -0.2) is 8.78 Å². The molecule has 0 bridgehead atoms. The molecule has 1 amide bonds. The Hall–Kier alpha value is -2.51. The van der Waals surface area contributed by atoms with Crippen LogP contribution in [0.1, 0.15) is 10.6 Å². The summed E-state index contributed by atoms with van der Waals surface area (Å²) in [6, 6.07) is 11.0. The van der Waals surface area contributed by atoms with Gasteiger partial charge in [0, 0.05) is 0 Å². The molecule has 2 heterocycles. The number of benzene rings is 1. The smallest absolute Gasteiger partial charge is 0.279 e. The molecule has 25 heavy (non-hydrogen) atoms. The molecule has 0 radical (unpaired) electrons. The van der Waals surface area contributed by atoms with Gasteiger partial charge in [0.25, 0.3) is 5.91 Å². The van der Waals surface area contributed by atoms with Crippen LogP contribution in [0.4, 0.5) is 14.5 Å². The van der Waals surface area contributed by atoms with E-state index >= 15 is 0 Å². The summed E-state index contributed by atoms with van der Waals surface area (Å²) in [4.78, 5) is 14.3. The molecule has 1 aromatic carbocycles. The SMILES string of the molecule is O=C(C[NH+](Cc1ccco1)Cc1cccs1)Nc1c(F)cccc1F. The molecule has 7 heteroatoms. The van der Waals surface area contributed by atoms with Crippen molar-refractivity contribution in [2.24, 2.45) is 0 Å². The fourth-order valence-corrected chi connectivity index (χ4v) is 3.31. The lowest BCUT2D eigenvalue weighted by molar-refractivity contribution is -0.920. The van der Waals surface area contributed by atoms with E-state index in [1.807, 2.05) is 23.6 Å². The second-order valence-electron chi connectivity index (χ2n) is 5.58. The largest absolute Gasteiger partial charge is 0.463 e. The maximum absolute atomic E-state index is 13.7. The Morgan fingerprint density at radius 3 is 2.52 bits per heavy atom. The fraction of sp³-hybridized carbons (Fsp3) is 0.167. The van der Waals surface area contributed by atoms with E-state index in [-0.39, 0.29) is 6.54 Å². The minimum Gasteiger partial charge on any atom is -0.463 e. The quantitative estimate of drug-likeness (QED) is 0.678. The molecule has 0 saturated carbocycles. The molecule has 3 aromatic rings. The fourth-order valence-electron chi connectivity index (χ4n) is 2.53. The molecule has 1 atom stereocenters. The Balaban J connectivity index is 1.69. The van der Waals surface area contributed by atoms with Gasteiger partial charge in [-0.3, -0.25) is 4.79 Å². The van der Waals surface area contributed by atoms with Crippen molar-refractivity contribution >= 4 is 22.9 Å². The van der Waals surface area contributed by atoms with Gasteiger partial charge in [-0.1, -0.05) is 12.1 Å². The highest BCUT2D eigenvalue weighted by molar-refractivity contribution is 7.09. The predicted molar refractivity (Wildman–Crippen MR) is 91.3 cm³/mol. The first kappa shape index (κ1) is 17.3. The number of carbonyl (C=O) groups excluding carboxylic acids is 1. The highest BCUT2D eigenvalue weighted by Gasteiger charge is 2.19. The third kappa shape index (κ3) is 4.74. The first-order valence-electron chi connectivity index (χ1n) is 7.74. The maximum atomic E-state index is 13.7. The van der Waals surface area contributed by atoms with Crippen molar-refractivity contribution in [3.63, 3.8) is 0 Å². The Bertz CT molecular complexity index is 763. The number of halogens is 2. The molecule has 0 aliphatic heterocycles. The number of quaternary nitrogens is 1. The van der Waals surface area contributed by atoms with Crippen LogP contribution in [0.25, 0.3) is 0 Å². The van der Waals surface area contributed by atoms with Gasteiger partial charge >= 0.3 is 0 Å². The molecule has 4 nitrogen and oxygen atoms in total. The van der Waals surface area contributed by atoms with Gasteiger partial charge in [-0.15, -0.1) is 11.3 Å². The third-order valence-electron chi connectivity index (χ3n) is 3.65. The van der Waals surface area contributed by atoms with Crippen LogP contribution in [-0.4, -0.2) is 12.5 Å². The van der Waals surface area contributed by atoms with Crippen LogP contribution in [0, 0.1) is 11.6 Å². The van der Waals surface area contributed by atoms with E-state index in [1.54, 1.807) is 23.7 Å². The van der Waals surface area contributed by atoms with Crippen LogP contribution in [-0.2, 0) is 17.9 Å². The number of rotatable bonds is 7. The van der Waals surface area contributed by atoms with Crippen molar-refractivity contribution in [3.8, 4) is 0 Å². The maximum Gasteiger partial charge on any atom is 0.279 e. The standard InChI is InChI=1S/C18H16F2N2O2S/c19-15-6-1-7-16(20)18(15)21-17(23)12-22(10-13-4-2-8-24-13)11-14-5-3-9-25-14/h1-9H,10-12H2,(H,21,23)/p+1. The Kier molecular flexibility index (Phi) is 5.57. The number of para-hydroxylation sites is 1. The Morgan fingerprint density at radius 1 is 1.08 bits per heavy atom. The van der Waals surface area contributed by atoms with Gasteiger partial charge in [-0.05, 0) is 35.7 Å². The molecule has 0 aliphatic carbocycles. The minimum atomic E-state index is -0.792. The summed E-state index contributed by atoms with van der Waals surface area (Å²) < 4.78 is 32.7. The summed E-state index contributed by atoms with van der Waals surface area (Å²) in [7, 11) is 0. The summed E-state index contributed by atoms with van der Waals surface area (Å²) >= 11 is 1.60. The molecule has 3 rings (SSSR count). The molecule has 0 spiro atoms. The first-order chi connectivity index (χ1) is 12.1. The molecular formula is C18H17F2N2O2S+. The number of hydrogen-bond acceptors (Lipinski definition) is 3. The van der Waals surface area contributed by atoms with Crippen molar-refractivity contribution in [1.29, 1.82) is 0 Å². The molecule has 2 N–H and O–H groups in total. The second-order valence-corrected chi connectivity index (χ2v) is 6.62. The van der Waals surface area contributed by atoms with E-state index in [9.17, 15) is 13.6 Å². The molecule has 2 aromatic heterocycles. The van der Waals surface area contributed by atoms with E-state index < -0.39 is 23.2 Å². The van der Waals surface area contributed by atoms with Crippen LogP contribution in [0.3, 0.4) is 0 Å². The number of carbonyl (C=O) groups is 1. The normalized spacial score (nSPS) is 12.1. The average molecular weight is 363 g/mol. The van der Waals surface area contributed by atoms with Gasteiger partial charge in [-0.2, -0.15) is 0 Å². The highest BCUT2D eigenvalue weighted by Crippen LogP contribution is 2.17.